The van der Waals surface area contributed by atoms with E-state index in [2.05, 4.69) is 15.2 Å². The Hall–Kier alpha value is -4.27. The minimum atomic E-state index is -0.710. The number of aryl methyl sites for hydroxylation is 1. The maximum atomic E-state index is 12.4. The Morgan fingerprint density at radius 1 is 1.03 bits per heavy atom. The molecule has 0 aliphatic rings. The lowest BCUT2D eigenvalue weighted by atomic mass is 10.1. The summed E-state index contributed by atoms with van der Waals surface area (Å²) in [6, 6.07) is 19.4. The lowest BCUT2D eigenvalue weighted by molar-refractivity contribution is 0.0419. The number of benzene rings is 2. The lowest BCUT2D eigenvalue weighted by Gasteiger charge is -2.08. The predicted octanol–water partition coefficient (Wildman–Crippen LogP) is 3.04. The standard InChI is InChI=1S/C23H20N4O5/c1-16-7-9-17(10-8-16)22-24-20(32-26-22)15-31-23(29)19-11-12-21(28)27(25-19)13-14-30-18-5-3-2-4-6-18/h2-12H,13-15H2,1H3. The highest BCUT2D eigenvalue weighted by Crippen LogP contribution is 2.16. The molecule has 0 spiro atoms. The number of aromatic nitrogens is 4. The third-order valence-electron chi connectivity index (χ3n) is 4.50. The second-order valence-electron chi connectivity index (χ2n) is 6.90. The number of nitrogens with zero attached hydrogens (tertiary/aromatic N) is 4. The van der Waals surface area contributed by atoms with Crippen LogP contribution in [0.25, 0.3) is 11.4 Å². The second kappa shape index (κ2) is 9.69. The van der Waals surface area contributed by atoms with Crippen molar-refractivity contribution in [3.8, 4) is 17.1 Å². The first-order valence-corrected chi connectivity index (χ1v) is 9.91. The van der Waals surface area contributed by atoms with Gasteiger partial charge in [-0.25, -0.2) is 9.48 Å². The zero-order valence-corrected chi connectivity index (χ0v) is 17.3. The SMILES string of the molecule is Cc1ccc(-c2noc(COC(=O)c3ccc(=O)n(CCOc4ccccc4)n3)n2)cc1. The fourth-order valence-corrected chi connectivity index (χ4v) is 2.82. The summed E-state index contributed by atoms with van der Waals surface area (Å²) in [6.45, 7) is 2.17. The smallest absolute Gasteiger partial charge is 0.359 e. The van der Waals surface area contributed by atoms with Crippen molar-refractivity contribution >= 4 is 5.97 Å². The molecule has 162 valence electrons. The van der Waals surface area contributed by atoms with E-state index in [1.54, 1.807) is 0 Å². The monoisotopic (exact) mass is 432 g/mol. The molecule has 0 fully saturated rings. The molecule has 0 atom stereocenters. The van der Waals surface area contributed by atoms with Crippen molar-refractivity contribution in [2.45, 2.75) is 20.1 Å². The van der Waals surface area contributed by atoms with E-state index in [0.717, 1.165) is 15.8 Å². The summed E-state index contributed by atoms with van der Waals surface area (Å²) in [7, 11) is 0. The van der Waals surface area contributed by atoms with Crippen LogP contribution in [-0.2, 0) is 17.9 Å². The van der Waals surface area contributed by atoms with Crippen LogP contribution in [-0.4, -0.2) is 32.5 Å². The first-order chi connectivity index (χ1) is 15.6. The third kappa shape index (κ3) is 5.25. The molecule has 4 aromatic rings. The normalized spacial score (nSPS) is 10.7. The van der Waals surface area contributed by atoms with Gasteiger partial charge in [0.2, 0.25) is 5.82 Å². The third-order valence-corrected chi connectivity index (χ3v) is 4.50. The van der Waals surface area contributed by atoms with Gasteiger partial charge in [-0.1, -0.05) is 53.2 Å². The Kier molecular flexibility index (Phi) is 6.35. The van der Waals surface area contributed by atoms with Crippen LogP contribution in [0.5, 0.6) is 5.75 Å². The molecular formula is C23H20N4O5. The number of carbonyl (C=O) groups is 1. The van der Waals surface area contributed by atoms with Crippen molar-refractivity contribution in [3.63, 3.8) is 0 Å². The summed E-state index contributed by atoms with van der Waals surface area (Å²) in [6.07, 6.45) is 0. The van der Waals surface area contributed by atoms with E-state index in [9.17, 15) is 9.59 Å². The largest absolute Gasteiger partial charge is 0.492 e. The average Bonchev–Trinajstić information content (AvgIpc) is 3.29. The van der Waals surface area contributed by atoms with E-state index in [0.29, 0.717) is 11.6 Å². The predicted molar refractivity (Wildman–Crippen MR) is 114 cm³/mol. The van der Waals surface area contributed by atoms with Crippen LogP contribution in [0.3, 0.4) is 0 Å². The van der Waals surface area contributed by atoms with Gasteiger partial charge in [-0.05, 0) is 25.1 Å². The number of hydrogen-bond donors (Lipinski definition) is 0. The number of hydrogen-bond acceptors (Lipinski definition) is 8. The number of ether oxygens (including phenoxy) is 2. The van der Waals surface area contributed by atoms with Gasteiger partial charge in [0, 0.05) is 11.6 Å². The molecule has 0 bridgehead atoms. The Morgan fingerprint density at radius 3 is 2.59 bits per heavy atom. The van der Waals surface area contributed by atoms with E-state index >= 15 is 0 Å². The Labute approximate surface area is 183 Å². The summed E-state index contributed by atoms with van der Waals surface area (Å²) in [4.78, 5) is 28.6. The fraction of sp³-hybridized carbons (Fsp3) is 0.174. The van der Waals surface area contributed by atoms with Crippen molar-refractivity contribution in [1.29, 1.82) is 0 Å². The first kappa shape index (κ1) is 21.0. The summed E-state index contributed by atoms with van der Waals surface area (Å²) in [5.74, 6) is 0.526. The highest BCUT2D eigenvalue weighted by atomic mass is 16.6. The highest BCUT2D eigenvalue weighted by molar-refractivity contribution is 5.86. The van der Waals surface area contributed by atoms with E-state index < -0.39 is 5.97 Å². The van der Waals surface area contributed by atoms with Gasteiger partial charge < -0.3 is 14.0 Å². The van der Waals surface area contributed by atoms with Gasteiger partial charge in [0.1, 0.15) is 12.4 Å². The van der Waals surface area contributed by atoms with Gasteiger partial charge >= 0.3 is 5.97 Å². The van der Waals surface area contributed by atoms with E-state index in [4.69, 9.17) is 14.0 Å². The highest BCUT2D eigenvalue weighted by Gasteiger charge is 2.15. The van der Waals surface area contributed by atoms with E-state index in [-0.39, 0.29) is 36.9 Å². The summed E-state index contributed by atoms with van der Waals surface area (Å²) in [5.41, 5.74) is 1.55. The minimum Gasteiger partial charge on any atom is -0.492 e. The minimum absolute atomic E-state index is 0.0115. The van der Waals surface area contributed by atoms with E-state index in [1.165, 1.54) is 12.1 Å². The molecule has 0 aliphatic heterocycles. The summed E-state index contributed by atoms with van der Waals surface area (Å²) >= 11 is 0. The van der Waals surface area contributed by atoms with Crippen LogP contribution in [0.1, 0.15) is 21.9 Å². The molecule has 2 aromatic heterocycles. The summed E-state index contributed by atoms with van der Waals surface area (Å²) < 4.78 is 17.1. The van der Waals surface area contributed by atoms with Crippen LogP contribution in [0.4, 0.5) is 0 Å². The Bertz CT molecular complexity index is 1250. The van der Waals surface area contributed by atoms with Crippen LogP contribution in [0.15, 0.2) is 76.0 Å². The number of carbonyl (C=O) groups excluding carboxylic acids is 1. The van der Waals surface area contributed by atoms with E-state index in [1.807, 2.05) is 61.5 Å². The molecular weight excluding hydrogens is 412 g/mol. The average molecular weight is 432 g/mol. The van der Waals surface area contributed by atoms with Crippen LogP contribution in [0.2, 0.25) is 0 Å². The van der Waals surface area contributed by atoms with Gasteiger partial charge in [-0.3, -0.25) is 4.79 Å². The quantitative estimate of drug-likeness (QED) is 0.391. The van der Waals surface area contributed by atoms with Gasteiger partial charge in [0.25, 0.3) is 11.4 Å². The molecule has 4 rings (SSSR count). The fourth-order valence-electron chi connectivity index (χ4n) is 2.82. The first-order valence-electron chi connectivity index (χ1n) is 9.91. The molecule has 0 N–H and O–H groups in total. The van der Waals surface area contributed by atoms with Crippen molar-refractivity contribution in [2.75, 3.05) is 6.61 Å². The molecule has 32 heavy (non-hydrogen) atoms. The molecule has 9 heteroatoms. The van der Waals surface area contributed by atoms with Gasteiger partial charge in [0.05, 0.1) is 6.54 Å². The zero-order valence-electron chi connectivity index (χ0n) is 17.3. The van der Waals surface area contributed by atoms with Crippen molar-refractivity contribution < 1.29 is 18.8 Å². The molecule has 0 saturated heterocycles. The zero-order chi connectivity index (χ0) is 22.3. The molecule has 2 heterocycles. The van der Waals surface area contributed by atoms with Gasteiger partial charge in [0.15, 0.2) is 12.3 Å². The maximum Gasteiger partial charge on any atom is 0.359 e. The van der Waals surface area contributed by atoms with Crippen LogP contribution < -0.4 is 10.3 Å². The molecule has 2 aromatic carbocycles. The lowest BCUT2D eigenvalue weighted by Crippen LogP contribution is -2.27. The maximum absolute atomic E-state index is 12.4. The second-order valence-corrected chi connectivity index (χ2v) is 6.90. The van der Waals surface area contributed by atoms with Crippen molar-refractivity contribution in [2.24, 2.45) is 0 Å². The molecule has 9 nitrogen and oxygen atoms in total. The van der Waals surface area contributed by atoms with Crippen molar-refractivity contribution in [1.82, 2.24) is 19.9 Å². The van der Waals surface area contributed by atoms with Gasteiger partial charge in [-0.2, -0.15) is 10.1 Å². The Balaban J connectivity index is 1.35. The number of esters is 1. The molecule has 0 radical (unpaired) electrons. The molecule has 0 saturated carbocycles. The number of rotatable bonds is 8. The molecule has 0 unspecified atom stereocenters. The summed E-state index contributed by atoms with van der Waals surface area (Å²) in [5, 5.41) is 7.96. The molecule has 0 amide bonds. The van der Waals surface area contributed by atoms with Crippen LogP contribution in [0, 0.1) is 6.92 Å². The van der Waals surface area contributed by atoms with Crippen molar-refractivity contribution in [3.05, 3.63) is 94.2 Å². The Morgan fingerprint density at radius 2 is 1.81 bits per heavy atom. The molecule has 0 aliphatic carbocycles. The topological polar surface area (TPSA) is 109 Å². The van der Waals surface area contributed by atoms with Gasteiger partial charge in [-0.15, -0.1) is 0 Å². The number of para-hydroxylation sites is 1. The van der Waals surface area contributed by atoms with Crippen LogP contribution >= 0.6 is 0 Å².